The second-order valence-electron chi connectivity index (χ2n) is 4.90. The Morgan fingerprint density at radius 3 is 2.33 bits per heavy atom. The highest BCUT2D eigenvalue weighted by molar-refractivity contribution is 6.21. The smallest absolute Gasteiger partial charge is 0.0574 e. The van der Waals surface area contributed by atoms with Crippen molar-refractivity contribution in [2.45, 2.75) is 37.2 Å². The molecule has 0 heterocycles. The maximum Gasteiger partial charge on any atom is 0.0574 e. The topological polar surface area (TPSA) is 20.2 Å². The van der Waals surface area contributed by atoms with Gasteiger partial charge in [-0.05, 0) is 49.4 Å². The van der Waals surface area contributed by atoms with Gasteiger partial charge in [-0.25, -0.2) is 0 Å². The van der Waals surface area contributed by atoms with Gasteiger partial charge < -0.3 is 5.11 Å². The van der Waals surface area contributed by atoms with Gasteiger partial charge in [-0.1, -0.05) is 0 Å². The molecule has 0 aromatic heterocycles. The minimum absolute atomic E-state index is 0.0255. The highest BCUT2D eigenvalue weighted by atomic mass is 35.5. The first-order valence-corrected chi connectivity index (χ1v) is 5.51. The van der Waals surface area contributed by atoms with E-state index < -0.39 is 0 Å². The monoisotopic (exact) mass is 186 g/mol. The molecule has 1 nitrogen and oxygen atoms in total. The molecule has 3 aliphatic rings. The molecule has 0 aromatic carbocycles. The van der Waals surface area contributed by atoms with Crippen LogP contribution in [0.5, 0.6) is 0 Å². The molecule has 0 spiro atoms. The van der Waals surface area contributed by atoms with Gasteiger partial charge in [0.1, 0.15) is 0 Å². The molecule has 2 heteroatoms. The molecule has 6 atom stereocenters. The predicted octanol–water partition coefficient (Wildman–Crippen LogP) is 2.02. The van der Waals surface area contributed by atoms with Crippen molar-refractivity contribution in [2.24, 2.45) is 23.7 Å². The van der Waals surface area contributed by atoms with Crippen molar-refractivity contribution in [1.29, 1.82) is 0 Å². The van der Waals surface area contributed by atoms with Gasteiger partial charge in [0.15, 0.2) is 0 Å². The van der Waals surface area contributed by atoms with Crippen LogP contribution in [0.3, 0.4) is 0 Å². The summed E-state index contributed by atoms with van der Waals surface area (Å²) in [4.78, 5) is 0. The van der Waals surface area contributed by atoms with Gasteiger partial charge in [-0.3, -0.25) is 0 Å². The summed E-state index contributed by atoms with van der Waals surface area (Å²) < 4.78 is 0. The molecule has 0 amide bonds. The Bertz CT molecular complexity index is 204. The van der Waals surface area contributed by atoms with Crippen molar-refractivity contribution in [3.05, 3.63) is 0 Å². The number of alkyl halides is 1. The van der Waals surface area contributed by atoms with Gasteiger partial charge in [0.25, 0.3) is 0 Å². The van der Waals surface area contributed by atoms with Crippen LogP contribution in [0, 0.1) is 23.7 Å². The molecular weight excluding hydrogens is 172 g/mol. The average molecular weight is 187 g/mol. The van der Waals surface area contributed by atoms with Gasteiger partial charge in [0.05, 0.1) is 6.10 Å². The van der Waals surface area contributed by atoms with E-state index in [1.807, 2.05) is 0 Å². The van der Waals surface area contributed by atoms with Crippen LogP contribution in [0.2, 0.25) is 0 Å². The summed E-state index contributed by atoms with van der Waals surface area (Å²) in [7, 11) is 0. The Kier molecular flexibility index (Phi) is 1.52. The molecule has 0 aromatic rings. The maximum absolute atomic E-state index is 9.84. The summed E-state index contributed by atoms with van der Waals surface area (Å²) in [6.45, 7) is 0. The first-order chi connectivity index (χ1) is 5.75. The van der Waals surface area contributed by atoms with Gasteiger partial charge in [-0.2, -0.15) is 0 Å². The number of rotatable bonds is 0. The fraction of sp³-hybridized carbons (Fsp3) is 1.00. The van der Waals surface area contributed by atoms with E-state index in [1.165, 1.54) is 19.3 Å². The minimum atomic E-state index is -0.0255. The van der Waals surface area contributed by atoms with E-state index in [0.717, 1.165) is 18.3 Å². The number of halogens is 1. The van der Waals surface area contributed by atoms with E-state index in [0.29, 0.717) is 17.2 Å². The zero-order chi connectivity index (χ0) is 8.29. The zero-order valence-electron chi connectivity index (χ0n) is 7.12. The number of aliphatic hydroxyl groups is 1. The SMILES string of the molecule is OC1CC2CC3CC(CC13)C2Cl. The normalized spacial score (nSPS) is 62.5. The summed E-state index contributed by atoms with van der Waals surface area (Å²) >= 11 is 6.36. The largest absolute Gasteiger partial charge is 0.393 e. The van der Waals surface area contributed by atoms with E-state index >= 15 is 0 Å². The summed E-state index contributed by atoms with van der Waals surface area (Å²) in [6, 6.07) is 0. The van der Waals surface area contributed by atoms with Crippen LogP contribution in [-0.4, -0.2) is 16.6 Å². The van der Waals surface area contributed by atoms with Crippen molar-refractivity contribution in [3.8, 4) is 0 Å². The number of hydrogen-bond acceptors (Lipinski definition) is 1. The Balaban J connectivity index is 1.96. The van der Waals surface area contributed by atoms with Gasteiger partial charge in [0, 0.05) is 5.38 Å². The lowest BCUT2D eigenvalue weighted by molar-refractivity contribution is 0.0215. The third-order valence-corrected chi connectivity index (χ3v) is 5.04. The number of fused-ring (bicyclic) bond motifs is 2. The molecule has 3 bridgehead atoms. The first kappa shape index (κ1) is 7.64. The highest BCUT2D eigenvalue weighted by Gasteiger charge is 2.52. The molecule has 0 saturated heterocycles. The maximum atomic E-state index is 9.84. The Morgan fingerprint density at radius 1 is 0.917 bits per heavy atom. The average Bonchev–Trinajstić information content (AvgIpc) is 2.38. The fourth-order valence-corrected chi connectivity index (χ4v) is 4.23. The van der Waals surface area contributed by atoms with Crippen molar-refractivity contribution in [1.82, 2.24) is 0 Å². The lowest BCUT2D eigenvalue weighted by Gasteiger charge is -2.39. The zero-order valence-corrected chi connectivity index (χ0v) is 7.87. The van der Waals surface area contributed by atoms with Crippen LogP contribution in [0.1, 0.15) is 25.7 Å². The third-order valence-electron chi connectivity index (χ3n) is 4.33. The number of aliphatic hydroxyl groups excluding tert-OH is 1. The van der Waals surface area contributed by atoms with Crippen molar-refractivity contribution < 1.29 is 5.11 Å². The quantitative estimate of drug-likeness (QED) is 0.574. The van der Waals surface area contributed by atoms with Crippen molar-refractivity contribution in [2.75, 3.05) is 0 Å². The molecule has 12 heavy (non-hydrogen) atoms. The molecule has 3 rings (SSSR count). The Hall–Kier alpha value is 0.250. The Morgan fingerprint density at radius 2 is 1.58 bits per heavy atom. The molecule has 3 saturated carbocycles. The molecule has 0 radical (unpaired) electrons. The minimum Gasteiger partial charge on any atom is -0.393 e. The van der Waals surface area contributed by atoms with Crippen LogP contribution in [0.15, 0.2) is 0 Å². The highest BCUT2D eigenvalue weighted by Crippen LogP contribution is 2.56. The molecule has 3 fully saturated rings. The van der Waals surface area contributed by atoms with Crippen LogP contribution >= 0.6 is 11.6 Å². The van der Waals surface area contributed by atoms with Crippen molar-refractivity contribution in [3.63, 3.8) is 0 Å². The van der Waals surface area contributed by atoms with E-state index in [1.54, 1.807) is 0 Å². The van der Waals surface area contributed by atoms with Gasteiger partial charge in [0.2, 0.25) is 0 Å². The third kappa shape index (κ3) is 0.843. The summed E-state index contributed by atoms with van der Waals surface area (Å²) in [5.74, 6) is 2.79. The van der Waals surface area contributed by atoms with Crippen LogP contribution < -0.4 is 0 Å². The summed E-state index contributed by atoms with van der Waals surface area (Å²) in [6.07, 6.45) is 4.75. The number of hydrogen-bond donors (Lipinski definition) is 1. The Labute approximate surface area is 78.1 Å². The first-order valence-electron chi connectivity index (χ1n) is 5.08. The molecular formula is C10H15ClO. The predicted molar refractivity (Wildman–Crippen MR) is 48.1 cm³/mol. The van der Waals surface area contributed by atoms with Gasteiger partial charge >= 0.3 is 0 Å². The van der Waals surface area contributed by atoms with Crippen LogP contribution in [-0.2, 0) is 0 Å². The lowest BCUT2D eigenvalue weighted by Crippen LogP contribution is -2.37. The van der Waals surface area contributed by atoms with Crippen molar-refractivity contribution >= 4 is 11.6 Å². The summed E-state index contributed by atoms with van der Waals surface area (Å²) in [5, 5.41) is 10.2. The van der Waals surface area contributed by atoms with Gasteiger partial charge in [-0.15, -0.1) is 11.6 Å². The van der Waals surface area contributed by atoms with E-state index in [-0.39, 0.29) is 6.10 Å². The van der Waals surface area contributed by atoms with E-state index in [4.69, 9.17) is 11.6 Å². The molecule has 6 unspecified atom stereocenters. The molecule has 3 aliphatic carbocycles. The van der Waals surface area contributed by atoms with Crippen LogP contribution in [0.25, 0.3) is 0 Å². The fourth-order valence-electron chi connectivity index (χ4n) is 3.82. The standard InChI is InChI=1S/C10H15ClO/c11-10-6-1-5-2-7(10)4-9(12)8(5)3-6/h5-10,12H,1-4H2. The lowest BCUT2D eigenvalue weighted by atomic mass is 9.71. The van der Waals surface area contributed by atoms with E-state index in [9.17, 15) is 5.11 Å². The molecule has 68 valence electrons. The van der Waals surface area contributed by atoms with E-state index in [2.05, 4.69) is 0 Å². The second-order valence-corrected chi connectivity index (χ2v) is 5.40. The second kappa shape index (κ2) is 2.39. The van der Waals surface area contributed by atoms with Crippen LogP contribution in [0.4, 0.5) is 0 Å². The molecule has 0 aliphatic heterocycles. The molecule has 1 N–H and O–H groups in total. The summed E-state index contributed by atoms with van der Waals surface area (Å²) in [5.41, 5.74) is 0.